The van der Waals surface area contributed by atoms with Crippen molar-refractivity contribution in [3.05, 3.63) is 27.7 Å². The molecular formula is C10H13BrFN. The summed E-state index contributed by atoms with van der Waals surface area (Å²) in [5.41, 5.74) is 1.43. The summed E-state index contributed by atoms with van der Waals surface area (Å²) >= 11 is 3.29. The lowest BCUT2D eigenvalue weighted by Crippen LogP contribution is -2.16. The first-order valence-electron chi connectivity index (χ1n) is 4.15. The number of rotatable bonds is 0. The Labute approximate surface area is 86.5 Å². The van der Waals surface area contributed by atoms with Crippen molar-refractivity contribution in [1.29, 1.82) is 0 Å². The first-order chi connectivity index (χ1) is 5.84. The maximum atomic E-state index is 13.4. The summed E-state index contributed by atoms with van der Waals surface area (Å²) < 4.78 is 14.2. The van der Waals surface area contributed by atoms with Crippen LogP contribution in [0.15, 0.2) is 10.8 Å². The molecule has 0 aliphatic heterocycles. The quantitative estimate of drug-likeness (QED) is 0.637. The lowest BCUT2D eigenvalue weighted by atomic mass is 9.85. The van der Waals surface area contributed by atoms with Gasteiger partial charge < -0.3 is 0 Å². The van der Waals surface area contributed by atoms with Gasteiger partial charge in [0.2, 0.25) is 0 Å². The summed E-state index contributed by atoms with van der Waals surface area (Å²) in [4.78, 5) is 3.89. The van der Waals surface area contributed by atoms with Gasteiger partial charge in [-0.2, -0.15) is 0 Å². The number of hydrogen-bond acceptors (Lipinski definition) is 1. The van der Waals surface area contributed by atoms with Crippen LogP contribution >= 0.6 is 15.9 Å². The Kier molecular flexibility index (Phi) is 2.76. The standard InChI is InChI=1S/C10H13BrFN/c1-6-8(10(2,3)4)7(12)5-13-9(6)11/h5H,1-4H3. The zero-order valence-electron chi connectivity index (χ0n) is 8.28. The van der Waals surface area contributed by atoms with E-state index < -0.39 is 0 Å². The number of halogens is 2. The third-order valence-electron chi connectivity index (χ3n) is 1.96. The van der Waals surface area contributed by atoms with Gasteiger partial charge >= 0.3 is 0 Å². The average molecular weight is 246 g/mol. The minimum Gasteiger partial charge on any atom is -0.246 e. The zero-order chi connectivity index (χ0) is 10.2. The molecule has 1 aromatic rings. The average Bonchev–Trinajstić information content (AvgIpc) is 1.95. The van der Waals surface area contributed by atoms with Crippen LogP contribution in [0.5, 0.6) is 0 Å². The first-order valence-corrected chi connectivity index (χ1v) is 4.94. The fourth-order valence-electron chi connectivity index (χ4n) is 1.48. The van der Waals surface area contributed by atoms with E-state index in [-0.39, 0.29) is 11.2 Å². The summed E-state index contributed by atoms with van der Waals surface area (Å²) in [7, 11) is 0. The molecule has 0 saturated heterocycles. The molecule has 72 valence electrons. The SMILES string of the molecule is Cc1c(Br)ncc(F)c1C(C)(C)C. The minimum atomic E-state index is -0.229. The van der Waals surface area contributed by atoms with Crippen LogP contribution in [0.2, 0.25) is 0 Å². The molecule has 0 N–H and O–H groups in total. The summed E-state index contributed by atoms with van der Waals surface area (Å²) in [5.74, 6) is -0.229. The lowest BCUT2D eigenvalue weighted by Gasteiger charge is -2.22. The van der Waals surface area contributed by atoms with Crippen molar-refractivity contribution >= 4 is 15.9 Å². The van der Waals surface area contributed by atoms with Gasteiger partial charge in [-0.1, -0.05) is 20.8 Å². The molecule has 0 aromatic carbocycles. The van der Waals surface area contributed by atoms with Gasteiger partial charge in [-0.25, -0.2) is 9.37 Å². The Hall–Kier alpha value is -0.440. The van der Waals surface area contributed by atoms with E-state index in [1.54, 1.807) is 0 Å². The molecule has 0 spiro atoms. The highest BCUT2D eigenvalue weighted by atomic mass is 79.9. The molecule has 0 bridgehead atoms. The highest BCUT2D eigenvalue weighted by Gasteiger charge is 2.22. The van der Waals surface area contributed by atoms with E-state index in [1.807, 2.05) is 27.7 Å². The number of hydrogen-bond donors (Lipinski definition) is 0. The molecular weight excluding hydrogens is 233 g/mol. The van der Waals surface area contributed by atoms with Crippen LogP contribution < -0.4 is 0 Å². The van der Waals surface area contributed by atoms with Gasteiger partial charge in [0.05, 0.1) is 6.20 Å². The molecule has 0 aliphatic carbocycles. The molecule has 13 heavy (non-hydrogen) atoms. The molecule has 0 amide bonds. The minimum absolute atomic E-state index is 0.181. The highest BCUT2D eigenvalue weighted by molar-refractivity contribution is 9.10. The third-order valence-corrected chi connectivity index (χ3v) is 2.76. The Bertz CT molecular complexity index is 328. The largest absolute Gasteiger partial charge is 0.246 e. The Balaban J connectivity index is 3.43. The second-order valence-corrected chi connectivity index (χ2v) is 4.90. The first kappa shape index (κ1) is 10.6. The van der Waals surface area contributed by atoms with E-state index in [0.717, 1.165) is 15.7 Å². The Morgan fingerprint density at radius 1 is 1.38 bits per heavy atom. The monoisotopic (exact) mass is 245 g/mol. The molecule has 1 nitrogen and oxygen atoms in total. The van der Waals surface area contributed by atoms with E-state index in [1.165, 1.54) is 6.20 Å². The van der Waals surface area contributed by atoms with Gasteiger partial charge in [0.15, 0.2) is 0 Å². The molecule has 1 rings (SSSR count). The van der Waals surface area contributed by atoms with Gasteiger partial charge in [0.25, 0.3) is 0 Å². The van der Waals surface area contributed by atoms with Gasteiger partial charge in [-0.3, -0.25) is 0 Å². The lowest BCUT2D eigenvalue weighted by molar-refractivity contribution is 0.514. The smallest absolute Gasteiger partial charge is 0.145 e. The van der Waals surface area contributed by atoms with Crippen LogP contribution in [0.25, 0.3) is 0 Å². The Morgan fingerprint density at radius 2 is 1.92 bits per heavy atom. The molecule has 0 unspecified atom stereocenters. The van der Waals surface area contributed by atoms with Crippen LogP contribution in [0, 0.1) is 12.7 Å². The van der Waals surface area contributed by atoms with Crippen molar-refractivity contribution in [3.8, 4) is 0 Å². The molecule has 1 heterocycles. The maximum Gasteiger partial charge on any atom is 0.145 e. The number of aromatic nitrogens is 1. The maximum absolute atomic E-state index is 13.4. The van der Waals surface area contributed by atoms with Crippen LogP contribution in [-0.4, -0.2) is 4.98 Å². The molecule has 0 saturated carbocycles. The van der Waals surface area contributed by atoms with E-state index in [9.17, 15) is 4.39 Å². The Morgan fingerprint density at radius 3 is 2.31 bits per heavy atom. The van der Waals surface area contributed by atoms with Crippen LogP contribution in [0.3, 0.4) is 0 Å². The van der Waals surface area contributed by atoms with Crippen molar-refractivity contribution in [2.75, 3.05) is 0 Å². The predicted octanol–water partition coefficient (Wildman–Crippen LogP) is 3.59. The van der Waals surface area contributed by atoms with Gasteiger partial charge in [-0.15, -0.1) is 0 Å². The predicted molar refractivity (Wildman–Crippen MR) is 55.3 cm³/mol. The topological polar surface area (TPSA) is 12.9 Å². The van der Waals surface area contributed by atoms with Gasteiger partial charge in [-0.05, 0) is 33.8 Å². The van der Waals surface area contributed by atoms with Crippen molar-refractivity contribution < 1.29 is 4.39 Å². The van der Waals surface area contributed by atoms with Gasteiger partial charge in [0.1, 0.15) is 10.4 Å². The van der Waals surface area contributed by atoms with Crippen LogP contribution in [0.1, 0.15) is 31.9 Å². The summed E-state index contributed by atoms with van der Waals surface area (Å²) in [5, 5.41) is 0. The zero-order valence-corrected chi connectivity index (χ0v) is 9.87. The third kappa shape index (κ3) is 2.08. The highest BCUT2D eigenvalue weighted by Crippen LogP contribution is 2.30. The van der Waals surface area contributed by atoms with E-state index in [0.29, 0.717) is 0 Å². The number of pyridine rings is 1. The van der Waals surface area contributed by atoms with Crippen molar-refractivity contribution in [2.24, 2.45) is 0 Å². The normalized spacial score (nSPS) is 11.8. The molecule has 1 aromatic heterocycles. The molecule has 0 atom stereocenters. The van der Waals surface area contributed by atoms with E-state index in [2.05, 4.69) is 20.9 Å². The molecule has 0 aliphatic rings. The fraction of sp³-hybridized carbons (Fsp3) is 0.500. The summed E-state index contributed by atoms with van der Waals surface area (Å²) in [6.45, 7) is 7.85. The van der Waals surface area contributed by atoms with Crippen molar-refractivity contribution in [3.63, 3.8) is 0 Å². The van der Waals surface area contributed by atoms with Crippen LogP contribution in [0.4, 0.5) is 4.39 Å². The van der Waals surface area contributed by atoms with E-state index in [4.69, 9.17) is 0 Å². The fourth-order valence-corrected chi connectivity index (χ4v) is 1.78. The molecule has 3 heteroatoms. The number of nitrogens with zero attached hydrogens (tertiary/aromatic N) is 1. The van der Waals surface area contributed by atoms with Crippen LogP contribution in [-0.2, 0) is 5.41 Å². The molecule has 0 fully saturated rings. The van der Waals surface area contributed by atoms with Gasteiger partial charge in [0, 0.05) is 5.56 Å². The molecule has 0 radical (unpaired) electrons. The summed E-state index contributed by atoms with van der Waals surface area (Å²) in [6, 6.07) is 0. The second kappa shape index (κ2) is 3.37. The van der Waals surface area contributed by atoms with E-state index >= 15 is 0 Å². The van der Waals surface area contributed by atoms with Crippen molar-refractivity contribution in [1.82, 2.24) is 4.98 Å². The second-order valence-electron chi connectivity index (χ2n) is 4.15. The van der Waals surface area contributed by atoms with Crippen molar-refractivity contribution in [2.45, 2.75) is 33.1 Å². The summed E-state index contributed by atoms with van der Waals surface area (Å²) in [6.07, 6.45) is 1.26.